The van der Waals surface area contributed by atoms with Gasteiger partial charge in [-0.2, -0.15) is 0 Å². The normalized spacial score (nSPS) is 25.4. The van der Waals surface area contributed by atoms with E-state index in [9.17, 15) is 0 Å². The summed E-state index contributed by atoms with van der Waals surface area (Å²) in [7, 11) is 0. The summed E-state index contributed by atoms with van der Waals surface area (Å²) < 4.78 is 0. The minimum atomic E-state index is 0. The number of hydrogen-bond donors (Lipinski definition) is 0. The number of rotatable bonds is 4. The largest absolute Gasteiger partial charge is 2.00 e. The van der Waals surface area contributed by atoms with Crippen LogP contribution in [0.15, 0.2) is 11.1 Å². The maximum absolute atomic E-state index is 2.31. The molecule has 5 aliphatic rings. The van der Waals surface area contributed by atoms with Gasteiger partial charge in [0.15, 0.2) is 0 Å². The van der Waals surface area contributed by atoms with Crippen LogP contribution in [0.3, 0.4) is 0 Å². The number of hydrogen-bond acceptors (Lipinski definition) is 0. The molecule has 20 radical (unpaired) electrons. The second-order valence-corrected chi connectivity index (χ2v) is 6.81. The van der Waals surface area contributed by atoms with E-state index in [1.807, 2.05) is 64.2 Å². The summed E-state index contributed by atoms with van der Waals surface area (Å²) in [5, 5.41) is 0. The first-order valence-electron chi connectivity index (χ1n) is 9.86. The molecule has 0 atom stereocenters. The molecule has 4 saturated carbocycles. The Labute approximate surface area is 204 Å². The van der Waals surface area contributed by atoms with Crippen molar-refractivity contribution >= 4 is 0 Å². The molecule has 0 aliphatic heterocycles. The van der Waals surface area contributed by atoms with Crippen LogP contribution in [-0.4, -0.2) is 0 Å². The monoisotopic (exact) mass is 464 g/mol. The van der Waals surface area contributed by atoms with Gasteiger partial charge in [0.1, 0.15) is 0 Å². The van der Waals surface area contributed by atoms with Crippen molar-refractivity contribution in [2.24, 2.45) is 5.41 Å². The van der Waals surface area contributed by atoms with E-state index in [4.69, 9.17) is 0 Å². The average molecular weight is 464 g/mol. The van der Waals surface area contributed by atoms with E-state index in [1.165, 1.54) is 24.7 Å². The van der Waals surface area contributed by atoms with E-state index in [0.717, 1.165) is 0 Å². The Morgan fingerprint density at radius 3 is 0.897 bits per heavy atom. The maximum Gasteiger partial charge on any atom is 2.00 e. The minimum absolute atomic E-state index is 0. The fraction of sp³-hybridized carbons (Fsp3) is 0.185. The van der Waals surface area contributed by atoms with Crippen LogP contribution in [0, 0.1) is 133 Å². The van der Waals surface area contributed by atoms with Crippen molar-refractivity contribution in [2.45, 2.75) is 26.7 Å². The van der Waals surface area contributed by atoms with Crippen molar-refractivity contribution in [3.63, 3.8) is 0 Å². The fourth-order valence-electron chi connectivity index (χ4n) is 3.88. The summed E-state index contributed by atoms with van der Waals surface area (Å²) in [6, 6.07) is 0. The average Bonchev–Trinajstić information content (AvgIpc) is 3.44. The SMILES string of the molecule is CCC1(CC)C([C]2[CH][CH][CH][CH]2)=C1[C]1[CH][CH][CH][CH]1.[CH]1[CH][CH][CH][CH]1.[CH]1[CH][CH][CH][CH]1.[Fe+2].[Fe+2]. The van der Waals surface area contributed by atoms with E-state index in [-0.39, 0.29) is 34.1 Å². The summed E-state index contributed by atoms with van der Waals surface area (Å²) in [6.07, 6.45) is 39.9. The van der Waals surface area contributed by atoms with E-state index in [1.54, 1.807) is 11.1 Å². The Hall–Kier alpha value is 0.779. The second-order valence-electron chi connectivity index (χ2n) is 6.81. The smallest absolute Gasteiger partial charge is 0.0642 e. The van der Waals surface area contributed by atoms with Crippen LogP contribution in [-0.2, 0) is 34.1 Å². The molecule has 4 fully saturated rings. The zero-order valence-electron chi connectivity index (χ0n) is 17.0. The van der Waals surface area contributed by atoms with Gasteiger partial charge in [-0.25, -0.2) is 0 Å². The zero-order valence-corrected chi connectivity index (χ0v) is 19.2. The summed E-state index contributed by atoms with van der Waals surface area (Å²) in [6.45, 7) is 4.62. The van der Waals surface area contributed by atoms with Gasteiger partial charge in [-0.15, -0.1) is 0 Å². The molecule has 0 aromatic carbocycles. The zero-order chi connectivity index (χ0) is 19.0. The molecular weight excluding hydrogens is 436 g/mol. The molecule has 0 unspecified atom stereocenters. The Kier molecular flexibility index (Phi) is 14.2. The summed E-state index contributed by atoms with van der Waals surface area (Å²) in [5.74, 6) is 2.84. The predicted octanol–water partition coefficient (Wildman–Crippen LogP) is 5.95. The standard InChI is InChI=1S/C17H18.2C5H5.2Fe/c1-3-17(4-2)15(13-9-5-6-10-13)16(17)14-11-7-8-12-14;2*1-2-4-5-3-1;;/h5-12H,3-4H2,1-2H3;2*1-5H;;/q;;;2*+2. The van der Waals surface area contributed by atoms with Crippen LogP contribution in [0.1, 0.15) is 26.7 Å². The van der Waals surface area contributed by atoms with Crippen LogP contribution in [0.25, 0.3) is 0 Å². The van der Waals surface area contributed by atoms with Crippen molar-refractivity contribution in [1.29, 1.82) is 0 Å². The van der Waals surface area contributed by atoms with Crippen LogP contribution >= 0.6 is 0 Å². The first-order valence-corrected chi connectivity index (χ1v) is 9.86. The van der Waals surface area contributed by atoms with Gasteiger partial charge in [-0.3, -0.25) is 0 Å². The molecule has 0 heterocycles. The molecular formula is C27H28Fe2+4. The van der Waals surface area contributed by atoms with Crippen LogP contribution in [0.2, 0.25) is 0 Å². The quantitative estimate of drug-likeness (QED) is 0.451. The van der Waals surface area contributed by atoms with Gasteiger partial charge in [-0.1, -0.05) is 25.0 Å². The molecule has 0 aromatic rings. The van der Waals surface area contributed by atoms with E-state index in [0.29, 0.717) is 5.41 Å². The Bertz CT molecular complexity index is 390. The molecule has 5 rings (SSSR count). The third-order valence-corrected chi connectivity index (χ3v) is 5.37. The molecule has 148 valence electrons. The first-order chi connectivity index (χ1) is 13.3. The summed E-state index contributed by atoms with van der Waals surface area (Å²) in [5.41, 5.74) is 3.51. The Morgan fingerprint density at radius 1 is 0.448 bits per heavy atom. The number of allylic oxidation sites excluding steroid dienone is 2. The van der Waals surface area contributed by atoms with Gasteiger partial charge < -0.3 is 0 Å². The van der Waals surface area contributed by atoms with Gasteiger partial charge in [0.25, 0.3) is 0 Å². The van der Waals surface area contributed by atoms with Crippen LogP contribution in [0.4, 0.5) is 0 Å². The topological polar surface area (TPSA) is 0 Å². The van der Waals surface area contributed by atoms with Crippen molar-refractivity contribution < 1.29 is 34.1 Å². The Balaban J connectivity index is 0.000000290. The van der Waals surface area contributed by atoms with Crippen molar-refractivity contribution in [2.75, 3.05) is 0 Å². The van der Waals surface area contributed by atoms with Gasteiger partial charge in [-0.05, 0) is 128 Å². The van der Waals surface area contributed by atoms with Crippen molar-refractivity contribution in [1.82, 2.24) is 0 Å². The van der Waals surface area contributed by atoms with E-state index in [2.05, 4.69) is 65.2 Å². The molecule has 0 spiro atoms. The van der Waals surface area contributed by atoms with Gasteiger partial charge in [0.2, 0.25) is 0 Å². The van der Waals surface area contributed by atoms with Gasteiger partial charge in [0, 0.05) is 17.3 Å². The van der Waals surface area contributed by atoms with E-state index < -0.39 is 0 Å². The minimum Gasteiger partial charge on any atom is -0.0642 e. The molecule has 0 nitrogen and oxygen atoms in total. The second kappa shape index (κ2) is 14.8. The van der Waals surface area contributed by atoms with E-state index >= 15 is 0 Å². The molecule has 0 bridgehead atoms. The van der Waals surface area contributed by atoms with Crippen LogP contribution < -0.4 is 0 Å². The molecule has 5 aliphatic carbocycles. The third kappa shape index (κ3) is 7.41. The predicted molar refractivity (Wildman–Crippen MR) is 114 cm³/mol. The molecule has 0 amide bonds. The summed E-state index contributed by atoms with van der Waals surface area (Å²) in [4.78, 5) is 0. The molecule has 0 N–H and O–H groups in total. The molecule has 29 heavy (non-hydrogen) atoms. The maximum atomic E-state index is 2.31. The fourth-order valence-corrected chi connectivity index (χ4v) is 3.88. The van der Waals surface area contributed by atoms with Crippen molar-refractivity contribution in [3.8, 4) is 0 Å². The van der Waals surface area contributed by atoms with Gasteiger partial charge >= 0.3 is 34.1 Å². The third-order valence-electron chi connectivity index (χ3n) is 5.37. The molecule has 0 saturated heterocycles. The summed E-state index contributed by atoms with van der Waals surface area (Å²) >= 11 is 0. The first kappa shape index (κ1) is 27.8. The molecule has 0 aromatic heterocycles. The van der Waals surface area contributed by atoms with Crippen molar-refractivity contribution in [3.05, 3.63) is 139 Å². The van der Waals surface area contributed by atoms with Gasteiger partial charge in [0.05, 0.1) is 0 Å². The Morgan fingerprint density at radius 2 is 0.690 bits per heavy atom. The van der Waals surface area contributed by atoms with Crippen LogP contribution in [0.5, 0.6) is 0 Å². The molecule has 2 heteroatoms.